The number of nitrogens with two attached hydrogens (primary N) is 2. The number of fused-ring (bicyclic) bond motifs is 2. The van der Waals surface area contributed by atoms with E-state index < -0.39 is 32.3 Å². The molecule has 2 aliphatic rings. The van der Waals surface area contributed by atoms with E-state index in [2.05, 4.69) is 5.32 Å². The van der Waals surface area contributed by atoms with Crippen LogP contribution < -0.4 is 16.8 Å². The van der Waals surface area contributed by atoms with E-state index in [1.807, 2.05) is 0 Å². The monoisotopic (exact) mass is 439 g/mol. The standard InChI is InChI=1S/C20H21N3O5S.Na.H/c21-10-4-3-5-11(8-10)23-14-9-15(29(26,27)28)18(22)17-16(14)19(24)12-6-1-2-7-13(12)20(17)25;;/h1-2,6-7,9-11,23H,3-5,8,21-22H2,(H,26,27,28);;. The second kappa shape index (κ2) is 8.41. The molecule has 6 N–H and O–H groups in total. The summed E-state index contributed by atoms with van der Waals surface area (Å²) in [7, 11) is -4.71. The second-order valence-corrected chi connectivity index (χ2v) is 8.92. The number of carbonyl (C=O) groups excluding carboxylic acids is 2. The molecule has 2 aliphatic carbocycles. The molecule has 30 heavy (non-hydrogen) atoms. The molecule has 154 valence electrons. The van der Waals surface area contributed by atoms with Gasteiger partial charge >= 0.3 is 29.6 Å². The molecule has 4 rings (SSSR count). The molecule has 2 atom stereocenters. The predicted molar refractivity (Wildman–Crippen MR) is 115 cm³/mol. The normalized spacial score (nSPS) is 20.7. The van der Waals surface area contributed by atoms with Gasteiger partial charge in [0, 0.05) is 28.9 Å². The van der Waals surface area contributed by atoms with Crippen molar-refractivity contribution in [3.05, 3.63) is 52.6 Å². The zero-order chi connectivity index (χ0) is 20.9. The van der Waals surface area contributed by atoms with Crippen LogP contribution >= 0.6 is 0 Å². The van der Waals surface area contributed by atoms with Gasteiger partial charge in [0.25, 0.3) is 10.1 Å². The SMILES string of the molecule is Nc1c(S(=O)(=O)O)cc(NC2CCCC(N)C2)c2c1C(=O)c1ccccc1C2=O.[NaH]. The third-order valence-corrected chi connectivity index (χ3v) is 6.45. The van der Waals surface area contributed by atoms with Crippen molar-refractivity contribution in [1.82, 2.24) is 0 Å². The van der Waals surface area contributed by atoms with Crippen LogP contribution in [-0.2, 0) is 10.1 Å². The molecule has 0 saturated heterocycles. The fourth-order valence-corrected chi connectivity index (χ4v) is 4.85. The average Bonchev–Trinajstić information content (AvgIpc) is 2.66. The third kappa shape index (κ3) is 3.93. The molecule has 2 aromatic rings. The molecule has 0 aromatic heterocycles. The first-order chi connectivity index (χ1) is 13.7. The Hall–Kier alpha value is -1.75. The zero-order valence-corrected chi connectivity index (χ0v) is 16.3. The molecule has 0 spiro atoms. The fraction of sp³-hybridized carbons (Fsp3) is 0.300. The van der Waals surface area contributed by atoms with Crippen LogP contribution in [0.5, 0.6) is 0 Å². The summed E-state index contributed by atoms with van der Waals surface area (Å²) < 4.78 is 33.4. The molecule has 1 fully saturated rings. The van der Waals surface area contributed by atoms with Gasteiger partial charge in [-0.1, -0.05) is 24.3 Å². The minimum atomic E-state index is -4.71. The van der Waals surface area contributed by atoms with Crippen LogP contribution in [0.4, 0.5) is 11.4 Å². The number of hydrogen-bond acceptors (Lipinski definition) is 7. The van der Waals surface area contributed by atoms with Gasteiger partial charge in [0.05, 0.1) is 16.8 Å². The van der Waals surface area contributed by atoms with Crippen LogP contribution in [0.2, 0.25) is 0 Å². The number of nitrogens with one attached hydrogen (secondary N) is 1. The number of hydrogen-bond donors (Lipinski definition) is 4. The molecular formula is C20H22N3NaO5S. The van der Waals surface area contributed by atoms with Gasteiger partial charge in [-0.15, -0.1) is 0 Å². The number of anilines is 2. The van der Waals surface area contributed by atoms with Crippen molar-refractivity contribution in [3.8, 4) is 0 Å². The van der Waals surface area contributed by atoms with Gasteiger partial charge in [-0.2, -0.15) is 8.42 Å². The van der Waals surface area contributed by atoms with Crippen molar-refractivity contribution < 1.29 is 22.6 Å². The molecule has 0 bridgehead atoms. The van der Waals surface area contributed by atoms with E-state index in [0.29, 0.717) is 6.42 Å². The first-order valence-electron chi connectivity index (χ1n) is 9.33. The van der Waals surface area contributed by atoms with Crippen LogP contribution in [-0.4, -0.2) is 66.2 Å². The Labute approximate surface area is 196 Å². The van der Waals surface area contributed by atoms with Crippen molar-refractivity contribution in [3.63, 3.8) is 0 Å². The van der Waals surface area contributed by atoms with Crippen molar-refractivity contribution in [2.75, 3.05) is 11.1 Å². The fourth-order valence-electron chi connectivity index (χ4n) is 4.20. The molecule has 0 radical (unpaired) electrons. The summed E-state index contributed by atoms with van der Waals surface area (Å²) >= 11 is 0. The Kier molecular flexibility index (Phi) is 6.43. The summed E-state index contributed by atoms with van der Waals surface area (Å²) in [4.78, 5) is 25.7. The van der Waals surface area contributed by atoms with Crippen molar-refractivity contribution in [1.29, 1.82) is 0 Å². The summed E-state index contributed by atoms with van der Waals surface area (Å²) in [5, 5.41) is 3.18. The van der Waals surface area contributed by atoms with Crippen LogP contribution in [0.3, 0.4) is 0 Å². The van der Waals surface area contributed by atoms with Gasteiger partial charge in [0.2, 0.25) is 0 Å². The number of carbonyl (C=O) groups is 2. The number of benzene rings is 2. The zero-order valence-electron chi connectivity index (χ0n) is 15.5. The van der Waals surface area contributed by atoms with E-state index in [1.54, 1.807) is 18.2 Å². The minimum absolute atomic E-state index is 0. The Morgan fingerprint density at radius 2 is 1.63 bits per heavy atom. The van der Waals surface area contributed by atoms with Gasteiger partial charge in [-0.3, -0.25) is 14.1 Å². The second-order valence-electron chi connectivity index (χ2n) is 7.53. The number of nitrogen functional groups attached to an aromatic ring is 1. The average molecular weight is 439 g/mol. The summed E-state index contributed by atoms with van der Waals surface area (Å²) in [6.07, 6.45) is 3.20. The van der Waals surface area contributed by atoms with E-state index >= 15 is 0 Å². The Bertz CT molecular complexity index is 1150. The maximum atomic E-state index is 13.2. The molecule has 2 unspecified atom stereocenters. The first kappa shape index (κ1) is 22.9. The molecular weight excluding hydrogens is 417 g/mol. The van der Waals surface area contributed by atoms with Crippen molar-refractivity contribution in [2.24, 2.45) is 5.73 Å². The molecule has 0 heterocycles. The van der Waals surface area contributed by atoms with Gasteiger partial charge in [0.1, 0.15) is 4.90 Å². The van der Waals surface area contributed by atoms with Crippen LogP contribution in [0, 0.1) is 0 Å². The maximum absolute atomic E-state index is 13.2. The Morgan fingerprint density at radius 3 is 2.20 bits per heavy atom. The first-order valence-corrected chi connectivity index (χ1v) is 10.8. The van der Waals surface area contributed by atoms with Crippen molar-refractivity contribution >= 4 is 62.6 Å². The quantitative estimate of drug-likeness (QED) is 0.271. The molecule has 0 aliphatic heterocycles. The molecule has 2 aromatic carbocycles. The summed E-state index contributed by atoms with van der Waals surface area (Å²) in [6, 6.07) is 7.32. The van der Waals surface area contributed by atoms with Gasteiger partial charge in [-0.25, -0.2) is 0 Å². The van der Waals surface area contributed by atoms with E-state index in [9.17, 15) is 22.6 Å². The third-order valence-electron chi connectivity index (χ3n) is 5.55. The van der Waals surface area contributed by atoms with E-state index in [1.165, 1.54) is 6.07 Å². The molecule has 10 heteroatoms. The van der Waals surface area contributed by atoms with Crippen LogP contribution in [0.15, 0.2) is 35.2 Å². The summed E-state index contributed by atoms with van der Waals surface area (Å²) in [6.45, 7) is 0. The van der Waals surface area contributed by atoms with E-state index in [-0.39, 0.29) is 69.6 Å². The van der Waals surface area contributed by atoms with E-state index in [4.69, 9.17) is 11.5 Å². The van der Waals surface area contributed by atoms with E-state index in [0.717, 1.165) is 25.3 Å². The molecule has 1 saturated carbocycles. The van der Waals surface area contributed by atoms with Gasteiger partial charge in [0.15, 0.2) is 11.6 Å². The summed E-state index contributed by atoms with van der Waals surface area (Å²) in [5.41, 5.74) is 11.9. The van der Waals surface area contributed by atoms with Crippen molar-refractivity contribution in [2.45, 2.75) is 42.7 Å². The molecule has 8 nitrogen and oxygen atoms in total. The van der Waals surface area contributed by atoms with Crippen LogP contribution in [0.25, 0.3) is 0 Å². The topological polar surface area (TPSA) is 153 Å². The predicted octanol–water partition coefficient (Wildman–Crippen LogP) is 1.32. The summed E-state index contributed by atoms with van der Waals surface area (Å²) in [5.74, 6) is -0.979. The number of ketones is 2. The Balaban J connectivity index is 0.00000256. The molecule has 0 amide bonds. The van der Waals surface area contributed by atoms with Crippen LogP contribution in [0.1, 0.15) is 57.5 Å². The number of rotatable bonds is 3. The van der Waals surface area contributed by atoms with Gasteiger partial charge in [-0.05, 0) is 31.7 Å². The van der Waals surface area contributed by atoms with Gasteiger partial charge < -0.3 is 16.8 Å². The Morgan fingerprint density at radius 1 is 1.03 bits per heavy atom.